The summed E-state index contributed by atoms with van der Waals surface area (Å²) in [5.74, 6) is 0.174. The molecule has 0 fully saturated rings. The van der Waals surface area contributed by atoms with Gasteiger partial charge in [-0.15, -0.1) is 0 Å². The van der Waals surface area contributed by atoms with Crippen molar-refractivity contribution < 1.29 is 48.6 Å². The molecule has 136 valence electrons. The summed E-state index contributed by atoms with van der Waals surface area (Å²) in [5, 5.41) is 13.1. The summed E-state index contributed by atoms with van der Waals surface area (Å²) in [5.41, 5.74) is 2.28. The van der Waals surface area contributed by atoms with Crippen LogP contribution in [-0.2, 0) is 4.79 Å². The van der Waals surface area contributed by atoms with E-state index in [4.69, 9.17) is 20.8 Å². The number of ether oxygens (including phenoxy) is 1. The van der Waals surface area contributed by atoms with E-state index < -0.39 is 5.97 Å². The van der Waals surface area contributed by atoms with Crippen LogP contribution in [0.2, 0.25) is 5.02 Å². The standard InChI is InChI=1S/C21H16ClNO4.Na/c22-16-6-8-19-18(12-16)23-21(27-19)15-4-3-14-11-17(7-5-13(14)10-15)26-9-1-2-20(24)25;/h3-8,10-12H,1-2,9H2,(H,24,25);/q;+1/p-1. The van der Waals surface area contributed by atoms with Crippen LogP contribution in [0.1, 0.15) is 12.8 Å². The van der Waals surface area contributed by atoms with Crippen LogP contribution in [0.25, 0.3) is 33.3 Å². The van der Waals surface area contributed by atoms with Gasteiger partial charge in [-0.25, -0.2) is 4.98 Å². The number of aliphatic carboxylic acids is 1. The molecule has 0 aliphatic heterocycles. The smallest absolute Gasteiger partial charge is 0.550 e. The van der Waals surface area contributed by atoms with Crippen LogP contribution in [-0.4, -0.2) is 17.6 Å². The maximum atomic E-state index is 10.4. The number of hydrogen-bond donors (Lipinski definition) is 0. The number of benzene rings is 3. The van der Waals surface area contributed by atoms with Crippen LogP contribution in [0, 0.1) is 0 Å². The molecule has 5 nitrogen and oxygen atoms in total. The van der Waals surface area contributed by atoms with Gasteiger partial charge in [-0.1, -0.05) is 23.7 Å². The van der Waals surface area contributed by atoms with Crippen molar-refractivity contribution in [3.63, 3.8) is 0 Å². The topological polar surface area (TPSA) is 75.4 Å². The third kappa shape index (κ3) is 4.67. The Balaban J connectivity index is 0.00000225. The Morgan fingerprint density at radius 3 is 2.68 bits per heavy atom. The minimum Gasteiger partial charge on any atom is -0.550 e. The molecule has 0 atom stereocenters. The molecule has 0 radical (unpaired) electrons. The Kier molecular flexibility index (Phi) is 6.62. The maximum absolute atomic E-state index is 10.4. The molecule has 0 spiro atoms. The molecular formula is C21H15ClNNaO4. The Bertz CT molecular complexity index is 1140. The van der Waals surface area contributed by atoms with Crippen molar-refractivity contribution in [2.24, 2.45) is 0 Å². The Labute approximate surface area is 188 Å². The van der Waals surface area contributed by atoms with E-state index in [2.05, 4.69) is 4.98 Å². The number of oxazole rings is 1. The molecule has 1 aromatic heterocycles. The van der Waals surface area contributed by atoms with E-state index in [-0.39, 0.29) is 36.0 Å². The molecule has 4 aromatic rings. The normalized spacial score (nSPS) is 10.8. The van der Waals surface area contributed by atoms with Gasteiger partial charge >= 0.3 is 29.6 Å². The van der Waals surface area contributed by atoms with Gasteiger partial charge in [0.05, 0.1) is 6.61 Å². The minimum atomic E-state index is -1.06. The molecule has 0 amide bonds. The third-order valence-corrected chi connectivity index (χ3v) is 4.44. The number of carboxylic acid groups (broad SMARTS) is 1. The zero-order valence-corrected chi connectivity index (χ0v) is 18.0. The molecular weight excluding hydrogens is 389 g/mol. The zero-order valence-electron chi connectivity index (χ0n) is 15.3. The first kappa shape index (κ1) is 20.7. The first-order valence-corrected chi connectivity index (χ1v) is 8.89. The molecule has 0 aliphatic carbocycles. The van der Waals surface area contributed by atoms with E-state index in [1.54, 1.807) is 18.2 Å². The molecule has 1 heterocycles. The number of rotatable bonds is 6. The SMILES string of the molecule is O=C([O-])CCCOc1ccc2cc(-c3nc4cc(Cl)ccc4o3)ccc2c1.[Na+]. The summed E-state index contributed by atoms with van der Waals surface area (Å²) in [4.78, 5) is 14.9. The van der Waals surface area contributed by atoms with Crippen LogP contribution in [0.15, 0.2) is 59.0 Å². The fourth-order valence-corrected chi connectivity index (χ4v) is 3.04. The minimum absolute atomic E-state index is 0. The second-order valence-corrected chi connectivity index (χ2v) is 6.62. The second-order valence-electron chi connectivity index (χ2n) is 6.18. The summed E-state index contributed by atoms with van der Waals surface area (Å²) in [6.07, 6.45) is 0.410. The van der Waals surface area contributed by atoms with Crippen molar-refractivity contribution in [1.29, 1.82) is 0 Å². The molecule has 0 unspecified atom stereocenters. The molecule has 28 heavy (non-hydrogen) atoms. The maximum Gasteiger partial charge on any atom is 1.00 e. The molecule has 4 rings (SSSR count). The van der Waals surface area contributed by atoms with E-state index >= 15 is 0 Å². The van der Waals surface area contributed by atoms with Crippen LogP contribution in [0.3, 0.4) is 0 Å². The van der Waals surface area contributed by atoms with Gasteiger partial charge in [0.2, 0.25) is 5.89 Å². The molecule has 3 aromatic carbocycles. The summed E-state index contributed by atoms with van der Waals surface area (Å²) in [7, 11) is 0. The predicted octanol–water partition coefficient (Wildman–Crippen LogP) is 1.21. The summed E-state index contributed by atoms with van der Waals surface area (Å²) >= 11 is 6.00. The molecule has 0 aliphatic rings. The predicted molar refractivity (Wildman–Crippen MR) is 102 cm³/mol. The first-order valence-electron chi connectivity index (χ1n) is 8.51. The van der Waals surface area contributed by atoms with E-state index in [1.807, 2.05) is 36.4 Å². The number of carbonyl (C=O) groups excluding carboxylic acids is 1. The van der Waals surface area contributed by atoms with Crippen molar-refractivity contribution >= 4 is 39.4 Å². The molecule has 7 heteroatoms. The monoisotopic (exact) mass is 403 g/mol. The van der Waals surface area contributed by atoms with E-state index in [9.17, 15) is 9.90 Å². The van der Waals surface area contributed by atoms with Gasteiger partial charge in [0.15, 0.2) is 5.58 Å². The summed E-state index contributed by atoms with van der Waals surface area (Å²) in [6.45, 7) is 0.336. The fourth-order valence-electron chi connectivity index (χ4n) is 2.88. The number of hydrogen-bond acceptors (Lipinski definition) is 5. The third-order valence-electron chi connectivity index (χ3n) is 4.20. The average molecular weight is 404 g/mol. The quantitative estimate of drug-likeness (QED) is 0.357. The van der Waals surface area contributed by atoms with Gasteiger partial charge < -0.3 is 19.1 Å². The number of nitrogens with zero attached hydrogens (tertiary/aromatic N) is 1. The number of aromatic nitrogens is 1. The van der Waals surface area contributed by atoms with E-state index in [0.29, 0.717) is 35.3 Å². The van der Waals surface area contributed by atoms with Crippen LogP contribution >= 0.6 is 11.6 Å². The zero-order chi connectivity index (χ0) is 18.8. The van der Waals surface area contributed by atoms with Gasteiger partial charge in [0.25, 0.3) is 0 Å². The number of carbonyl (C=O) groups is 1. The second kappa shape index (κ2) is 8.97. The molecule has 0 N–H and O–H groups in total. The largest absolute Gasteiger partial charge is 1.00 e. The van der Waals surface area contributed by atoms with Crippen LogP contribution in [0.4, 0.5) is 0 Å². The van der Waals surface area contributed by atoms with Crippen molar-refractivity contribution in [2.75, 3.05) is 6.61 Å². The Morgan fingerprint density at radius 2 is 1.86 bits per heavy atom. The van der Waals surface area contributed by atoms with Crippen LogP contribution in [0.5, 0.6) is 5.75 Å². The van der Waals surface area contributed by atoms with Crippen molar-refractivity contribution in [3.8, 4) is 17.2 Å². The molecule has 0 saturated heterocycles. The van der Waals surface area contributed by atoms with E-state index in [1.165, 1.54) is 0 Å². The van der Waals surface area contributed by atoms with Crippen molar-refractivity contribution in [1.82, 2.24) is 4.98 Å². The summed E-state index contributed by atoms with van der Waals surface area (Å²) < 4.78 is 11.4. The average Bonchev–Trinajstić information content (AvgIpc) is 3.07. The molecule has 0 saturated carbocycles. The fraction of sp³-hybridized carbons (Fsp3) is 0.143. The first-order chi connectivity index (χ1) is 13.1. The number of fused-ring (bicyclic) bond motifs is 2. The summed E-state index contributed by atoms with van der Waals surface area (Å²) in [6, 6.07) is 17.0. The van der Waals surface area contributed by atoms with Gasteiger partial charge in [0.1, 0.15) is 11.3 Å². The Hall–Kier alpha value is -2.05. The van der Waals surface area contributed by atoms with Crippen LogP contribution < -0.4 is 39.4 Å². The molecule has 0 bridgehead atoms. The van der Waals surface area contributed by atoms with Gasteiger partial charge in [-0.2, -0.15) is 0 Å². The number of halogens is 1. The van der Waals surface area contributed by atoms with Gasteiger partial charge in [-0.3, -0.25) is 0 Å². The Morgan fingerprint density at radius 1 is 1.07 bits per heavy atom. The van der Waals surface area contributed by atoms with Crippen molar-refractivity contribution in [2.45, 2.75) is 12.8 Å². The number of carboxylic acids is 1. The van der Waals surface area contributed by atoms with E-state index in [0.717, 1.165) is 21.9 Å². The van der Waals surface area contributed by atoms with Crippen molar-refractivity contribution in [3.05, 3.63) is 59.6 Å². The van der Waals surface area contributed by atoms with Gasteiger partial charge in [0, 0.05) is 16.6 Å². The van der Waals surface area contributed by atoms with Gasteiger partial charge in [-0.05, 0) is 66.1 Å².